The van der Waals surface area contributed by atoms with E-state index in [2.05, 4.69) is 26.8 Å². The summed E-state index contributed by atoms with van der Waals surface area (Å²) in [4.78, 5) is 23.2. The van der Waals surface area contributed by atoms with Crippen molar-refractivity contribution in [3.8, 4) is 0 Å². The van der Waals surface area contributed by atoms with Crippen LogP contribution in [0, 0.1) is 17.3 Å². The van der Waals surface area contributed by atoms with Gasteiger partial charge in [-0.15, -0.1) is 0 Å². The zero-order chi connectivity index (χ0) is 19.9. The van der Waals surface area contributed by atoms with E-state index in [1.807, 2.05) is 6.08 Å². The minimum Gasteiger partial charge on any atom is -0.481 e. The number of unbranched alkanes of at least 4 members (excludes halogenated alkanes) is 1. The number of ketones is 1. The van der Waals surface area contributed by atoms with Gasteiger partial charge in [-0.25, -0.2) is 0 Å². The van der Waals surface area contributed by atoms with Crippen molar-refractivity contribution < 1.29 is 24.2 Å². The number of carbonyl (C=O) groups is 2. The van der Waals surface area contributed by atoms with Gasteiger partial charge in [-0.2, -0.15) is 0 Å². The quantitative estimate of drug-likeness (QED) is 0.554. The fraction of sp³-hybridized carbons (Fsp3) is 0.818. The molecule has 0 radical (unpaired) electrons. The van der Waals surface area contributed by atoms with Crippen molar-refractivity contribution in [1.82, 2.24) is 0 Å². The van der Waals surface area contributed by atoms with Gasteiger partial charge in [0.15, 0.2) is 6.29 Å². The van der Waals surface area contributed by atoms with Crippen LogP contribution in [0.5, 0.6) is 0 Å². The summed E-state index contributed by atoms with van der Waals surface area (Å²) in [6.07, 6.45) is 11.4. The molecule has 1 aliphatic carbocycles. The molecule has 1 saturated heterocycles. The molecule has 4 unspecified atom stereocenters. The Morgan fingerprint density at radius 1 is 1.37 bits per heavy atom. The van der Waals surface area contributed by atoms with Crippen LogP contribution in [0.3, 0.4) is 0 Å². The monoisotopic (exact) mass is 380 g/mol. The lowest BCUT2D eigenvalue weighted by atomic mass is 9.80. The Hall–Kier alpha value is -1.20. The second-order valence-corrected chi connectivity index (χ2v) is 8.70. The molecule has 154 valence electrons. The van der Waals surface area contributed by atoms with Gasteiger partial charge in [-0.3, -0.25) is 9.59 Å². The Morgan fingerprint density at radius 3 is 2.78 bits per heavy atom. The van der Waals surface area contributed by atoms with Crippen molar-refractivity contribution in [3.63, 3.8) is 0 Å². The Bertz CT molecular complexity index is 519. The third kappa shape index (κ3) is 6.72. The molecular weight excluding hydrogens is 344 g/mol. The standard InChI is InChI=1S/C22H36O5/c1-4-5-13-22(2,3)19(27-21-8-6-7-14-26-21)12-10-16-9-11-18(23)17(16)15-20(24)25/h10,12,16-17,19,21H,4-9,11,13-15H2,1-3H3,(H,24,25)/b12-10+. The second-order valence-electron chi connectivity index (χ2n) is 8.70. The van der Waals surface area contributed by atoms with Crippen molar-refractivity contribution in [1.29, 1.82) is 0 Å². The summed E-state index contributed by atoms with van der Waals surface area (Å²) in [5.41, 5.74) is -0.0434. The highest BCUT2D eigenvalue weighted by Gasteiger charge is 2.36. The third-order valence-electron chi connectivity index (χ3n) is 5.96. The van der Waals surface area contributed by atoms with E-state index >= 15 is 0 Å². The fourth-order valence-electron chi connectivity index (χ4n) is 4.11. The molecule has 4 atom stereocenters. The van der Waals surface area contributed by atoms with Crippen molar-refractivity contribution >= 4 is 11.8 Å². The van der Waals surface area contributed by atoms with Crippen LogP contribution < -0.4 is 0 Å². The first-order valence-electron chi connectivity index (χ1n) is 10.5. The van der Waals surface area contributed by atoms with Gasteiger partial charge in [0, 0.05) is 18.9 Å². The van der Waals surface area contributed by atoms with E-state index in [0.29, 0.717) is 6.42 Å². The lowest BCUT2D eigenvalue weighted by molar-refractivity contribution is -0.197. The highest BCUT2D eigenvalue weighted by molar-refractivity contribution is 5.87. The Balaban J connectivity index is 2.10. The Morgan fingerprint density at radius 2 is 2.15 bits per heavy atom. The zero-order valence-electron chi connectivity index (χ0n) is 17.1. The molecule has 1 N–H and O–H groups in total. The molecule has 0 aromatic heterocycles. The highest BCUT2D eigenvalue weighted by atomic mass is 16.7. The number of carbonyl (C=O) groups excluding carboxylic acids is 1. The normalized spacial score (nSPS) is 28.0. The van der Waals surface area contributed by atoms with Crippen molar-refractivity contribution in [2.24, 2.45) is 17.3 Å². The van der Waals surface area contributed by atoms with Crippen molar-refractivity contribution in [2.45, 2.75) is 91.0 Å². The molecule has 2 rings (SSSR count). The molecule has 0 aromatic rings. The molecule has 0 amide bonds. The minimum atomic E-state index is -0.902. The molecule has 0 bridgehead atoms. The van der Waals surface area contributed by atoms with Crippen LogP contribution in [0.2, 0.25) is 0 Å². The van der Waals surface area contributed by atoms with Gasteiger partial charge in [0.2, 0.25) is 0 Å². The van der Waals surface area contributed by atoms with Gasteiger partial charge in [-0.1, -0.05) is 45.8 Å². The van der Waals surface area contributed by atoms with Crippen molar-refractivity contribution in [3.05, 3.63) is 12.2 Å². The topological polar surface area (TPSA) is 72.8 Å². The smallest absolute Gasteiger partial charge is 0.304 e. The van der Waals surface area contributed by atoms with Gasteiger partial charge in [0.1, 0.15) is 5.78 Å². The van der Waals surface area contributed by atoms with Crippen LogP contribution in [0.4, 0.5) is 0 Å². The summed E-state index contributed by atoms with van der Waals surface area (Å²) < 4.78 is 12.1. The molecule has 2 aliphatic rings. The predicted molar refractivity (Wildman–Crippen MR) is 104 cm³/mol. The summed E-state index contributed by atoms with van der Waals surface area (Å²) in [5.74, 6) is -1.23. The number of allylic oxidation sites excluding steroid dienone is 1. The first kappa shape index (κ1) is 22.1. The van der Waals surface area contributed by atoms with E-state index < -0.39 is 11.9 Å². The maximum atomic E-state index is 12.1. The molecule has 1 saturated carbocycles. The number of carboxylic acids is 1. The highest BCUT2D eigenvalue weighted by Crippen LogP contribution is 2.36. The van der Waals surface area contributed by atoms with E-state index in [9.17, 15) is 9.59 Å². The summed E-state index contributed by atoms with van der Waals surface area (Å²) in [5, 5.41) is 9.11. The van der Waals surface area contributed by atoms with Crippen LogP contribution in [0.25, 0.3) is 0 Å². The molecular formula is C22H36O5. The van der Waals surface area contributed by atoms with Crippen molar-refractivity contribution in [2.75, 3.05) is 6.61 Å². The zero-order valence-corrected chi connectivity index (χ0v) is 17.1. The lowest BCUT2D eigenvalue weighted by Gasteiger charge is -2.36. The summed E-state index contributed by atoms with van der Waals surface area (Å²) in [6, 6.07) is 0. The second kappa shape index (κ2) is 10.4. The van der Waals surface area contributed by atoms with Gasteiger partial charge in [0.25, 0.3) is 0 Å². The maximum absolute atomic E-state index is 12.1. The average Bonchev–Trinajstić information content (AvgIpc) is 2.97. The van der Waals surface area contributed by atoms with Gasteiger partial charge in [0.05, 0.1) is 12.5 Å². The van der Waals surface area contributed by atoms with Gasteiger partial charge >= 0.3 is 5.97 Å². The maximum Gasteiger partial charge on any atom is 0.304 e. The first-order valence-corrected chi connectivity index (χ1v) is 10.5. The van der Waals surface area contributed by atoms with E-state index in [4.69, 9.17) is 14.6 Å². The molecule has 0 spiro atoms. The van der Waals surface area contributed by atoms with Gasteiger partial charge in [-0.05, 0) is 43.4 Å². The Kier molecular flexibility index (Phi) is 8.49. The number of Topliss-reactive ketones (excluding diaryl/α,β-unsaturated/α-hetero) is 1. The van der Waals surface area contributed by atoms with E-state index in [1.165, 1.54) is 0 Å². The number of ether oxygens (including phenoxy) is 2. The number of rotatable bonds is 10. The predicted octanol–water partition coefficient (Wildman–Crippen LogP) is 4.74. The minimum absolute atomic E-state index is 0.00560. The number of aliphatic carboxylic acids is 1. The molecule has 27 heavy (non-hydrogen) atoms. The van der Waals surface area contributed by atoms with E-state index in [1.54, 1.807) is 0 Å². The average molecular weight is 381 g/mol. The molecule has 1 heterocycles. The fourth-order valence-corrected chi connectivity index (χ4v) is 4.11. The molecule has 5 heteroatoms. The summed E-state index contributed by atoms with van der Waals surface area (Å²) in [6.45, 7) is 7.37. The largest absolute Gasteiger partial charge is 0.481 e. The van der Waals surface area contributed by atoms with Crippen LogP contribution >= 0.6 is 0 Å². The van der Waals surface area contributed by atoms with Crippen LogP contribution in [-0.2, 0) is 19.1 Å². The van der Waals surface area contributed by atoms with Crippen LogP contribution in [0.15, 0.2) is 12.2 Å². The summed E-state index contributed by atoms with van der Waals surface area (Å²) >= 11 is 0. The Labute approximate surface area is 163 Å². The first-order chi connectivity index (χ1) is 12.8. The van der Waals surface area contributed by atoms with E-state index in [0.717, 1.165) is 51.6 Å². The molecule has 5 nitrogen and oxygen atoms in total. The number of hydrogen-bond acceptors (Lipinski definition) is 4. The van der Waals surface area contributed by atoms with Gasteiger partial charge < -0.3 is 14.6 Å². The number of carboxylic acid groups (broad SMARTS) is 1. The molecule has 2 fully saturated rings. The van der Waals surface area contributed by atoms with Crippen LogP contribution in [-0.4, -0.2) is 35.9 Å². The number of hydrogen-bond donors (Lipinski definition) is 1. The SMILES string of the molecule is CCCCC(C)(C)C(/C=C/C1CCC(=O)C1CC(=O)O)OC1CCCCO1. The molecule has 1 aliphatic heterocycles. The van der Waals surface area contributed by atoms with Crippen LogP contribution in [0.1, 0.15) is 78.6 Å². The lowest BCUT2D eigenvalue weighted by Crippen LogP contribution is -2.36. The third-order valence-corrected chi connectivity index (χ3v) is 5.96. The van der Waals surface area contributed by atoms with E-state index in [-0.39, 0.29) is 35.9 Å². The summed E-state index contributed by atoms with van der Waals surface area (Å²) in [7, 11) is 0. The molecule has 0 aromatic carbocycles.